The standard InChI is InChI=1S/C17H23NO5S/c1-12(2)24(22)15-5-3-13(4-6-15)17(21)18(11-16(19)20)14-7-9-23-10-8-14/h3-6,12,14H,7-11H2,1-2H3,(H,19,20). The first-order valence-electron chi connectivity index (χ1n) is 8.01. The summed E-state index contributed by atoms with van der Waals surface area (Å²) in [5, 5.41) is 9.12. The molecule has 1 fully saturated rings. The van der Waals surface area contributed by atoms with Gasteiger partial charge < -0.3 is 14.7 Å². The lowest BCUT2D eigenvalue weighted by atomic mass is 10.1. The molecule has 1 unspecified atom stereocenters. The third kappa shape index (κ3) is 4.64. The second kappa shape index (κ2) is 8.39. The number of carboxylic acid groups (broad SMARTS) is 1. The SMILES string of the molecule is CC(C)S(=O)c1ccc(C(=O)N(CC(=O)O)C2CCOCC2)cc1. The van der Waals surface area contributed by atoms with Crippen molar-refractivity contribution in [3.63, 3.8) is 0 Å². The summed E-state index contributed by atoms with van der Waals surface area (Å²) < 4.78 is 17.4. The van der Waals surface area contributed by atoms with Crippen molar-refractivity contribution >= 4 is 22.7 Å². The average molecular weight is 353 g/mol. The molecule has 0 aromatic heterocycles. The van der Waals surface area contributed by atoms with Gasteiger partial charge in [-0.2, -0.15) is 0 Å². The van der Waals surface area contributed by atoms with Gasteiger partial charge in [0.05, 0.1) is 10.8 Å². The smallest absolute Gasteiger partial charge is 0.323 e. The van der Waals surface area contributed by atoms with Gasteiger partial charge in [0.1, 0.15) is 6.54 Å². The van der Waals surface area contributed by atoms with Crippen LogP contribution in [0.1, 0.15) is 37.0 Å². The fraction of sp³-hybridized carbons (Fsp3) is 0.529. The van der Waals surface area contributed by atoms with E-state index in [1.54, 1.807) is 24.3 Å². The zero-order chi connectivity index (χ0) is 17.7. The van der Waals surface area contributed by atoms with Crippen LogP contribution < -0.4 is 0 Å². The number of carboxylic acids is 1. The highest BCUT2D eigenvalue weighted by Gasteiger charge is 2.28. The number of amides is 1. The lowest BCUT2D eigenvalue weighted by Gasteiger charge is -2.33. The summed E-state index contributed by atoms with van der Waals surface area (Å²) in [7, 11) is -1.12. The lowest BCUT2D eigenvalue weighted by Crippen LogP contribution is -2.46. The van der Waals surface area contributed by atoms with Crippen LogP contribution in [0.4, 0.5) is 0 Å². The highest BCUT2D eigenvalue weighted by molar-refractivity contribution is 7.85. The molecule has 0 saturated carbocycles. The molecule has 1 aliphatic heterocycles. The van der Waals surface area contributed by atoms with Gasteiger partial charge in [0.15, 0.2) is 0 Å². The fourth-order valence-electron chi connectivity index (χ4n) is 2.68. The Kier molecular flexibility index (Phi) is 6.51. The largest absolute Gasteiger partial charge is 0.480 e. The second-order valence-electron chi connectivity index (χ2n) is 6.04. The number of nitrogens with zero attached hydrogens (tertiary/aromatic N) is 1. The van der Waals surface area contributed by atoms with E-state index >= 15 is 0 Å². The molecule has 1 N–H and O–H groups in total. The molecule has 1 heterocycles. The van der Waals surface area contributed by atoms with Crippen molar-refractivity contribution in [2.75, 3.05) is 19.8 Å². The molecule has 2 rings (SSSR count). The highest BCUT2D eigenvalue weighted by atomic mass is 32.2. The van der Waals surface area contributed by atoms with Gasteiger partial charge >= 0.3 is 5.97 Å². The molecule has 0 bridgehead atoms. The van der Waals surface area contributed by atoms with Crippen molar-refractivity contribution in [2.24, 2.45) is 0 Å². The minimum atomic E-state index is -1.12. The summed E-state index contributed by atoms with van der Waals surface area (Å²) in [5.74, 6) is -1.35. The minimum Gasteiger partial charge on any atom is -0.480 e. The maximum Gasteiger partial charge on any atom is 0.323 e. The summed E-state index contributed by atoms with van der Waals surface area (Å²) in [4.78, 5) is 25.9. The zero-order valence-electron chi connectivity index (χ0n) is 13.9. The number of rotatable bonds is 6. The quantitative estimate of drug-likeness (QED) is 0.844. The second-order valence-corrected chi connectivity index (χ2v) is 8.05. The van der Waals surface area contributed by atoms with E-state index < -0.39 is 16.8 Å². The van der Waals surface area contributed by atoms with Crippen LogP contribution in [-0.4, -0.2) is 57.1 Å². The molecule has 1 atom stereocenters. The van der Waals surface area contributed by atoms with Crippen LogP contribution in [0.3, 0.4) is 0 Å². The van der Waals surface area contributed by atoms with Crippen molar-refractivity contribution in [2.45, 2.75) is 42.9 Å². The number of carbonyl (C=O) groups is 2. The predicted octanol–water partition coefficient (Wildman–Crippen LogP) is 1.91. The van der Waals surface area contributed by atoms with Gasteiger partial charge in [-0.1, -0.05) is 13.8 Å². The third-order valence-electron chi connectivity index (χ3n) is 3.96. The Hall–Kier alpha value is -1.73. The van der Waals surface area contributed by atoms with Gasteiger partial charge in [0, 0.05) is 35.0 Å². The molecule has 24 heavy (non-hydrogen) atoms. The summed E-state index contributed by atoms with van der Waals surface area (Å²) in [6, 6.07) is 6.45. The number of hydrogen-bond donors (Lipinski definition) is 1. The summed E-state index contributed by atoms with van der Waals surface area (Å²) in [5.41, 5.74) is 0.409. The number of benzene rings is 1. The van der Waals surface area contributed by atoms with E-state index in [9.17, 15) is 13.8 Å². The first kappa shape index (κ1) is 18.6. The van der Waals surface area contributed by atoms with Crippen LogP contribution in [0.2, 0.25) is 0 Å². The van der Waals surface area contributed by atoms with E-state index in [2.05, 4.69) is 0 Å². The van der Waals surface area contributed by atoms with Gasteiger partial charge in [0.25, 0.3) is 5.91 Å². The Morgan fingerprint density at radius 3 is 2.33 bits per heavy atom. The molecule has 0 aliphatic carbocycles. The van der Waals surface area contributed by atoms with Crippen LogP contribution in [0.25, 0.3) is 0 Å². The van der Waals surface area contributed by atoms with Crippen LogP contribution in [0.15, 0.2) is 29.2 Å². The van der Waals surface area contributed by atoms with Gasteiger partial charge in [-0.15, -0.1) is 0 Å². The van der Waals surface area contributed by atoms with Crippen molar-refractivity contribution in [1.82, 2.24) is 4.90 Å². The monoisotopic (exact) mass is 353 g/mol. The lowest BCUT2D eigenvalue weighted by molar-refractivity contribution is -0.138. The molecular weight excluding hydrogens is 330 g/mol. The Morgan fingerprint density at radius 2 is 1.83 bits per heavy atom. The van der Waals surface area contributed by atoms with E-state index in [4.69, 9.17) is 9.84 Å². The molecule has 1 aromatic rings. The maximum atomic E-state index is 12.7. The van der Waals surface area contributed by atoms with Crippen molar-refractivity contribution in [3.05, 3.63) is 29.8 Å². The molecule has 7 heteroatoms. The van der Waals surface area contributed by atoms with Gasteiger partial charge in [-0.05, 0) is 37.1 Å². The molecule has 1 amide bonds. The minimum absolute atomic E-state index is 0.00250. The summed E-state index contributed by atoms with van der Waals surface area (Å²) in [6.45, 7) is 4.47. The summed E-state index contributed by atoms with van der Waals surface area (Å²) in [6.07, 6.45) is 1.27. The van der Waals surface area contributed by atoms with Crippen molar-refractivity contribution < 1.29 is 23.6 Å². The molecule has 1 aliphatic rings. The van der Waals surface area contributed by atoms with Crippen LogP contribution in [0.5, 0.6) is 0 Å². The van der Waals surface area contributed by atoms with Crippen LogP contribution in [0, 0.1) is 0 Å². The molecule has 1 aromatic carbocycles. The van der Waals surface area contributed by atoms with E-state index in [1.165, 1.54) is 4.90 Å². The van der Waals surface area contributed by atoms with E-state index in [0.717, 1.165) is 0 Å². The van der Waals surface area contributed by atoms with Crippen molar-refractivity contribution in [1.29, 1.82) is 0 Å². The number of carbonyl (C=O) groups excluding carboxylic acids is 1. The molecule has 6 nitrogen and oxygen atoms in total. The van der Waals surface area contributed by atoms with Crippen LogP contribution >= 0.6 is 0 Å². The van der Waals surface area contributed by atoms with Crippen LogP contribution in [-0.2, 0) is 20.3 Å². The Bertz CT molecular complexity index is 608. The van der Waals surface area contributed by atoms with Gasteiger partial charge in [-0.25, -0.2) is 0 Å². The molecule has 0 spiro atoms. The first-order valence-corrected chi connectivity index (χ1v) is 9.22. The molecule has 132 valence electrons. The first-order chi connectivity index (χ1) is 11.4. The summed E-state index contributed by atoms with van der Waals surface area (Å²) >= 11 is 0. The Balaban J connectivity index is 2.18. The molecular formula is C17H23NO5S. The maximum absolute atomic E-state index is 12.7. The zero-order valence-corrected chi connectivity index (χ0v) is 14.8. The fourth-order valence-corrected chi connectivity index (χ4v) is 3.63. The Morgan fingerprint density at radius 1 is 1.25 bits per heavy atom. The number of aliphatic carboxylic acids is 1. The van der Waals surface area contributed by atoms with E-state index in [1.807, 2.05) is 13.8 Å². The molecule has 1 saturated heterocycles. The van der Waals surface area contributed by atoms with E-state index in [-0.39, 0.29) is 23.7 Å². The van der Waals surface area contributed by atoms with Crippen molar-refractivity contribution in [3.8, 4) is 0 Å². The van der Waals surface area contributed by atoms with Gasteiger partial charge in [0.2, 0.25) is 0 Å². The third-order valence-corrected chi connectivity index (χ3v) is 5.55. The number of ether oxygens (including phenoxy) is 1. The predicted molar refractivity (Wildman–Crippen MR) is 90.5 cm³/mol. The highest BCUT2D eigenvalue weighted by Crippen LogP contribution is 2.19. The van der Waals surface area contributed by atoms with Gasteiger partial charge in [-0.3, -0.25) is 13.8 Å². The Labute approximate surface area is 144 Å². The molecule has 0 radical (unpaired) electrons. The average Bonchev–Trinajstić information content (AvgIpc) is 2.59. The topological polar surface area (TPSA) is 83.9 Å². The van der Waals surface area contributed by atoms with E-state index in [0.29, 0.717) is 36.5 Å². The number of hydrogen-bond acceptors (Lipinski definition) is 4. The normalized spacial score (nSPS) is 16.8.